The molecule has 1 amide bonds. The highest BCUT2D eigenvalue weighted by Crippen LogP contribution is 2.25. The number of thiophene rings is 1. The van der Waals surface area contributed by atoms with Crippen LogP contribution in [0.3, 0.4) is 0 Å². The minimum atomic E-state index is -0.559. The van der Waals surface area contributed by atoms with Crippen LogP contribution in [0.25, 0.3) is 0 Å². The van der Waals surface area contributed by atoms with Crippen molar-refractivity contribution >= 4 is 17.2 Å². The molecule has 2 N–H and O–H groups in total. The van der Waals surface area contributed by atoms with Gasteiger partial charge in [0.05, 0.1) is 11.7 Å². The van der Waals surface area contributed by atoms with Gasteiger partial charge in [0.2, 0.25) is 0 Å². The van der Waals surface area contributed by atoms with Crippen molar-refractivity contribution in [2.75, 3.05) is 6.54 Å². The molecule has 5 heteroatoms. The van der Waals surface area contributed by atoms with E-state index in [0.29, 0.717) is 30.0 Å². The highest BCUT2D eigenvalue weighted by Gasteiger charge is 2.14. The van der Waals surface area contributed by atoms with E-state index < -0.39 is 6.10 Å². The molecule has 1 aromatic heterocycles. The minimum Gasteiger partial charge on any atom is -0.457 e. The van der Waals surface area contributed by atoms with Crippen molar-refractivity contribution in [2.24, 2.45) is 0 Å². The standard InChI is InChI=1S/C20H19NO3S/c22-17(19-11-6-14-25-19)12-13-21-20(23)16-9-4-5-10-18(16)24-15-7-2-1-3-8-15/h1-11,14,17,22H,12-13H2,(H,21,23). The van der Waals surface area contributed by atoms with Crippen molar-refractivity contribution < 1.29 is 14.6 Å². The van der Waals surface area contributed by atoms with Crippen molar-refractivity contribution in [2.45, 2.75) is 12.5 Å². The largest absolute Gasteiger partial charge is 0.457 e. The normalized spacial score (nSPS) is 11.7. The second-order valence-corrected chi connectivity index (χ2v) is 6.47. The number of nitrogens with one attached hydrogen (secondary N) is 1. The van der Waals surface area contributed by atoms with Gasteiger partial charge in [-0.3, -0.25) is 4.79 Å². The zero-order valence-corrected chi connectivity index (χ0v) is 14.4. The molecule has 2 aromatic carbocycles. The van der Waals surface area contributed by atoms with Gasteiger partial charge in [-0.2, -0.15) is 0 Å². The molecule has 0 saturated heterocycles. The zero-order valence-electron chi connectivity index (χ0n) is 13.6. The van der Waals surface area contributed by atoms with Gasteiger partial charge in [0.15, 0.2) is 0 Å². The number of carbonyl (C=O) groups excluding carboxylic acids is 1. The summed E-state index contributed by atoms with van der Waals surface area (Å²) in [6.45, 7) is 0.386. The fraction of sp³-hybridized carbons (Fsp3) is 0.150. The molecule has 0 bridgehead atoms. The summed E-state index contributed by atoms with van der Waals surface area (Å²) in [5.74, 6) is 0.964. The lowest BCUT2D eigenvalue weighted by Crippen LogP contribution is -2.25. The minimum absolute atomic E-state index is 0.218. The summed E-state index contributed by atoms with van der Waals surface area (Å²) in [7, 11) is 0. The lowest BCUT2D eigenvalue weighted by molar-refractivity contribution is 0.0941. The van der Waals surface area contributed by atoms with Crippen LogP contribution in [-0.4, -0.2) is 17.6 Å². The Labute approximate surface area is 150 Å². The molecule has 1 heterocycles. The smallest absolute Gasteiger partial charge is 0.255 e. The number of carbonyl (C=O) groups is 1. The third-order valence-corrected chi connectivity index (χ3v) is 4.65. The fourth-order valence-corrected chi connectivity index (χ4v) is 3.15. The Kier molecular flexibility index (Phi) is 5.82. The van der Waals surface area contributed by atoms with E-state index in [-0.39, 0.29) is 5.91 Å². The van der Waals surface area contributed by atoms with Crippen LogP contribution in [-0.2, 0) is 0 Å². The predicted octanol–water partition coefficient (Wildman–Crippen LogP) is 4.39. The summed E-state index contributed by atoms with van der Waals surface area (Å²) in [4.78, 5) is 13.4. The Bertz CT molecular complexity index is 803. The van der Waals surface area contributed by atoms with Crippen molar-refractivity contribution in [3.05, 3.63) is 82.6 Å². The molecule has 1 atom stereocenters. The number of aliphatic hydroxyl groups is 1. The third-order valence-electron chi connectivity index (χ3n) is 3.68. The number of para-hydroxylation sites is 2. The van der Waals surface area contributed by atoms with Gasteiger partial charge in [0.25, 0.3) is 5.91 Å². The van der Waals surface area contributed by atoms with Crippen LogP contribution in [0.15, 0.2) is 72.1 Å². The molecule has 0 aliphatic heterocycles. The third kappa shape index (κ3) is 4.68. The summed E-state index contributed by atoms with van der Waals surface area (Å²) in [5, 5.41) is 14.8. The number of rotatable bonds is 7. The maximum absolute atomic E-state index is 12.5. The van der Waals surface area contributed by atoms with Crippen LogP contribution in [0, 0.1) is 0 Å². The average Bonchev–Trinajstić information content (AvgIpc) is 3.18. The SMILES string of the molecule is O=C(NCCC(O)c1cccs1)c1ccccc1Oc1ccccc1. The molecule has 4 nitrogen and oxygen atoms in total. The van der Waals surface area contributed by atoms with Gasteiger partial charge in [-0.25, -0.2) is 0 Å². The van der Waals surface area contributed by atoms with Gasteiger partial charge < -0.3 is 15.2 Å². The lowest BCUT2D eigenvalue weighted by Gasteiger charge is -2.12. The van der Waals surface area contributed by atoms with Gasteiger partial charge in [-0.15, -0.1) is 11.3 Å². The molecular weight excluding hydrogens is 334 g/mol. The van der Waals surface area contributed by atoms with Crippen molar-refractivity contribution in [1.82, 2.24) is 5.32 Å². The maximum Gasteiger partial charge on any atom is 0.255 e. The van der Waals surface area contributed by atoms with Crippen molar-refractivity contribution in [3.8, 4) is 11.5 Å². The topological polar surface area (TPSA) is 58.6 Å². The summed E-state index contributed by atoms with van der Waals surface area (Å²) in [5.41, 5.74) is 0.469. The van der Waals surface area contributed by atoms with Crippen LogP contribution in [0.4, 0.5) is 0 Å². The summed E-state index contributed by atoms with van der Waals surface area (Å²) in [6.07, 6.45) is -0.0929. The number of hydrogen-bond donors (Lipinski definition) is 2. The molecule has 128 valence electrons. The Balaban J connectivity index is 1.60. The van der Waals surface area contributed by atoms with E-state index in [1.807, 2.05) is 53.9 Å². The van der Waals surface area contributed by atoms with Crippen LogP contribution in [0.1, 0.15) is 27.8 Å². The molecule has 0 aliphatic rings. The van der Waals surface area contributed by atoms with Gasteiger partial charge in [0, 0.05) is 11.4 Å². The first kappa shape index (κ1) is 17.2. The first-order chi connectivity index (χ1) is 12.2. The molecule has 0 fully saturated rings. The Morgan fingerprint density at radius 3 is 2.56 bits per heavy atom. The van der Waals surface area contributed by atoms with Gasteiger partial charge in [0.1, 0.15) is 11.5 Å². The Morgan fingerprint density at radius 2 is 1.80 bits per heavy atom. The van der Waals surface area contributed by atoms with Crippen molar-refractivity contribution in [1.29, 1.82) is 0 Å². The monoisotopic (exact) mass is 353 g/mol. The fourth-order valence-electron chi connectivity index (χ4n) is 2.40. The van der Waals surface area contributed by atoms with Crippen molar-refractivity contribution in [3.63, 3.8) is 0 Å². The predicted molar refractivity (Wildman–Crippen MR) is 99.2 cm³/mol. The van der Waals surface area contributed by atoms with Gasteiger partial charge in [-0.05, 0) is 42.1 Å². The second-order valence-electron chi connectivity index (χ2n) is 5.49. The number of hydrogen-bond acceptors (Lipinski definition) is 4. The molecule has 1 unspecified atom stereocenters. The van der Waals surface area contributed by atoms with Crippen LogP contribution < -0.4 is 10.1 Å². The number of benzene rings is 2. The zero-order chi connectivity index (χ0) is 17.5. The van der Waals surface area contributed by atoms with Gasteiger partial charge in [-0.1, -0.05) is 36.4 Å². The molecule has 0 aliphatic carbocycles. The number of aliphatic hydroxyl groups excluding tert-OH is 1. The Morgan fingerprint density at radius 1 is 1.04 bits per heavy atom. The van der Waals surface area contributed by atoms with E-state index in [0.717, 1.165) is 4.88 Å². The number of amides is 1. The maximum atomic E-state index is 12.5. The quantitative estimate of drug-likeness (QED) is 0.662. The van der Waals surface area contributed by atoms with E-state index in [1.54, 1.807) is 18.2 Å². The van der Waals surface area contributed by atoms with Crippen LogP contribution in [0.2, 0.25) is 0 Å². The molecule has 0 spiro atoms. The van der Waals surface area contributed by atoms with E-state index in [2.05, 4.69) is 5.32 Å². The van der Waals surface area contributed by atoms with E-state index in [4.69, 9.17) is 4.74 Å². The second kappa shape index (κ2) is 8.46. The van der Waals surface area contributed by atoms with Crippen LogP contribution >= 0.6 is 11.3 Å². The average molecular weight is 353 g/mol. The Hall–Kier alpha value is -2.63. The molecule has 25 heavy (non-hydrogen) atoms. The number of ether oxygens (including phenoxy) is 1. The van der Waals surface area contributed by atoms with E-state index >= 15 is 0 Å². The molecule has 3 rings (SSSR count). The van der Waals surface area contributed by atoms with E-state index in [1.165, 1.54) is 11.3 Å². The summed E-state index contributed by atoms with van der Waals surface area (Å²) >= 11 is 1.51. The first-order valence-corrected chi connectivity index (χ1v) is 8.93. The highest BCUT2D eigenvalue weighted by molar-refractivity contribution is 7.10. The first-order valence-electron chi connectivity index (χ1n) is 8.05. The van der Waals surface area contributed by atoms with Crippen LogP contribution in [0.5, 0.6) is 11.5 Å². The van der Waals surface area contributed by atoms with Gasteiger partial charge >= 0.3 is 0 Å². The molecule has 0 saturated carbocycles. The molecule has 0 radical (unpaired) electrons. The summed E-state index contributed by atoms with van der Waals surface area (Å²) < 4.78 is 5.81. The summed E-state index contributed by atoms with van der Waals surface area (Å²) in [6, 6.07) is 20.3. The lowest BCUT2D eigenvalue weighted by atomic mass is 10.1. The molecule has 3 aromatic rings. The highest BCUT2D eigenvalue weighted by atomic mass is 32.1. The molecular formula is C20H19NO3S. The van der Waals surface area contributed by atoms with E-state index in [9.17, 15) is 9.90 Å².